The Labute approximate surface area is 155 Å². The number of hydrogen-bond donors (Lipinski definition) is 1. The van der Waals surface area contributed by atoms with Gasteiger partial charge in [-0.25, -0.2) is 0 Å². The van der Waals surface area contributed by atoms with Crippen LogP contribution in [-0.2, 0) is 13.2 Å². The second-order valence-electron chi connectivity index (χ2n) is 6.71. The Hall–Kier alpha value is -3.19. The van der Waals surface area contributed by atoms with E-state index in [9.17, 15) is 0 Å². The zero-order valence-corrected chi connectivity index (χ0v) is 14.7. The molecule has 0 fully saturated rings. The van der Waals surface area contributed by atoms with Crippen LogP contribution >= 0.6 is 0 Å². The van der Waals surface area contributed by atoms with Gasteiger partial charge >= 0.3 is 0 Å². The maximum absolute atomic E-state index is 6.15. The van der Waals surface area contributed by atoms with E-state index in [-0.39, 0.29) is 12.6 Å². The van der Waals surface area contributed by atoms with E-state index in [1.807, 2.05) is 41.1 Å². The SMILES string of the molecule is NC1CCCn2nc(-c3nc(COc4cccc5ccccc45)no3)cc21. The van der Waals surface area contributed by atoms with Crippen LogP contribution < -0.4 is 10.5 Å². The normalized spacial score (nSPS) is 16.4. The minimum atomic E-state index is 0.0112. The summed E-state index contributed by atoms with van der Waals surface area (Å²) in [7, 11) is 0. The Morgan fingerprint density at radius 2 is 2.07 bits per heavy atom. The summed E-state index contributed by atoms with van der Waals surface area (Å²) in [5, 5.41) is 10.7. The maximum atomic E-state index is 6.15. The van der Waals surface area contributed by atoms with Crippen molar-refractivity contribution >= 4 is 10.8 Å². The molecule has 1 unspecified atom stereocenters. The molecule has 1 aliphatic heterocycles. The average Bonchev–Trinajstić information content (AvgIpc) is 3.34. The lowest BCUT2D eigenvalue weighted by Crippen LogP contribution is -2.21. The van der Waals surface area contributed by atoms with Crippen molar-refractivity contribution in [2.45, 2.75) is 32.0 Å². The Morgan fingerprint density at radius 3 is 3.00 bits per heavy atom. The van der Waals surface area contributed by atoms with Gasteiger partial charge in [-0.3, -0.25) is 4.68 Å². The van der Waals surface area contributed by atoms with Crippen LogP contribution in [0.4, 0.5) is 0 Å². The number of nitrogens with zero attached hydrogens (tertiary/aromatic N) is 4. The van der Waals surface area contributed by atoms with Gasteiger partial charge in [-0.15, -0.1) is 0 Å². The topological polar surface area (TPSA) is 92.0 Å². The van der Waals surface area contributed by atoms with Crippen molar-refractivity contribution < 1.29 is 9.26 Å². The molecule has 0 spiro atoms. The molecule has 0 saturated carbocycles. The third kappa shape index (κ3) is 2.96. The molecule has 0 bridgehead atoms. The van der Waals surface area contributed by atoms with Crippen molar-refractivity contribution in [1.29, 1.82) is 0 Å². The molecule has 0 amide bonds. The molecule has 0 radical (unpaired) electrons. The van der Waals surface area contributed by atoms with Gasteiger partial charge in [0.2, 0.25) is 5.82 Å². The smallest absolute Gasteiger partial charge is 0.278 e. The minimum absolute atomic E-state index is 0.0112. The summed E-state index contributed by atoms with van der Waals surface area (Å²) in [6, 6.07) is 16.0. The highest BCUT2D eigenvalue weighted by molar-refractivity contribution is 5.88. The first-order chi connectivity index (χ1) is 13.3. The monoisotopic (exact) mass is 361 g/mol. The van der Waals surface area contributed by atoms with Crippen LogP contribution in [0.1, 0.15) is 30.4 Å². The maximum Gasteiger partial charge on any atom is 0.278 e. The summed E-state index contributed by atoms with van der Waals surface area (Å²) in [5.74, 6) is 1.66. The first-order valence-corrected chi connectivity index (χ1v) is 9.05. The van der Waals surface area contributed by atoms with Gasteiger partial charge in [-0.05, 0) is 30.4 Å². The van der Waals surface area contributed by atoms with E-state index < -0.39 is 0 Å². The van der Waals surface area contributed by atoms with Crippen molar-refractivity contribution in [3.05, 3.63) is 60.0 Å². The quantitative estimate of drug-likeness (QED) is 0.598. The first-order valence-electron chi connectivity index (χ1n) is 9.05. The van der Waals surface area contributed by atoms with Crippen LogP contribution in [-0.4, -0.2) is 19.9 Å². The minimum Gasteiger partial charge on any atom is -0.485 e. The fourth-order valence-corrected chi connectivity index (χ4v) is 3.50. The highest BCUT2D eigenvalue weighted by Gasteiger charge is 2.22. The first kappa shape index (κ1) is 16.0. The highest BCUT2D eigenvalue weighted by atomic mass is 16.5. The molecule has 2 N–H and O–H groups in total. The van der Waals surface area contributed by atoms with E-state index in [0.717, 1.165) is 41.6 Å². The van der Waals surface area contributed by atoms with E-state index in [0.29, 0.717) is 17.4 Å². The van der Waals surface area contributed by atoms with Crippen molar-refractivity contribution in [2.75, 3.05) is 0 Å². The Balaban J connectivity index is 1.35. The van der Waals surface area contributed by atoms with Gasteiger partial charge in [0.15, 0.2) is 12.3 Å². The number of rotatable bonds is 4. The second-order valence-corrected chi connectivity index (χ2v) is 6.71. The third-order valence-electron chi connectivity index (χ3n) is 4.87. The van der Waals surface area contributed by atoms with Crippen LogP contribution in [0.15, 0.2) is 53.1 Å². The van der Waals surface area contributed by atoms with Crippen molar-refractivity contribution in [3.8, 4) is 17.3 Å². The fourth-order valence-electron chi connectivity index (χ4n) is 3.50. The number of aryl methyl sites for hydroxylation is 1. The van der Waals surface area contributed by atoms with Crippen molar-refractivity contribution in [2.24, 2.45) is 5.73 Å². The number of nitrogens with two attached hydrogens (primary N) is 1. The number of aromatic nitrogens is 4. The van der Waals surface area contributed by atoms with Crippen molar-refractivity contribution in [3.63, 3.8) is 0 Å². The summed E-state index contributed by atoms with van der Waals surface area (Å²) in [6.45, 7) is 1.10. The summed E-state index contributed by atoms with van der Waals surface area (Å²) in [4.78, 5) is 4.42. The molecule has 7 nitrogen and oxygen atoms in total. The lowest BCUT2D eigenvalue weighted by molar-refractivity contribution is 0.290. The molecular formula is C20H19N5O2. The average molecular weight is 361 g/mol. The molecule has 3 heterocycles. The van der Waals surface area contributed by atoms with Crippen LogP contribution in [0.25, 0.3) is 22.4 Å². The van der Waals surface area contributed by atoms with Crippen LogP contribution in [0.5, 0.6) is 5.75 Å². The van der Waals surface area contributed by atoms with Crippen LogP contribution in [0, 0.1) is 0 Å². The molecule has 2 aromatic heterocycles. The Morgan fingerprint density at radius 1 is 1.19 bits per heavy atom. The zero-order chi connectivity index (χ0) is 18.2. The number of benzene rings is 2. The van der Waals surface area contributed by atoms with Gasteiger partial charge in [-0.2, -0.15) is 10.1 Å². The second kappa shape index (κ2) is 6.51. The van der Waals surface area contributed by atoms with Gasteiger partial charge in [0.25, 0.3) is 5.89 Å². The Kier molecular flexibility index (Phi) is 3.86. The third-order valence-corrected chi connectivity index (χ3v) is 4.87. The van der Waals surface area contributed by atoms with Crippen LogP contribution in [0.2, 0.25) is 0 Å². The molecule has 7 heteroatoms. The van der Waals surface area contributed by atoms with E-state index in [2.05, 4.69) is 27.4 Å². The lowest BCUT2D eigenvalue weighted by Gasteiger charge is -2.19. The zero-order valence-electron chi connectivity index (χ0n) is 14.7. The number of ether oxygens (including phenoxy) is 1. The largest absolute Gasteiger partial charge is 0.485 e. The molecule has 136 valence electrons. The fraction of sp³-hybridized carbons (Fsp3) is 0.250. The van der Waals surface area contributed by atoms with Gasteiger partial charge in [0.1, 0.15) is 5.75 Å². The lowest BCUT2D eigenvalue weighted by atomic mass is 10.1. The summed E-state index contributed by atoms with van der Waals surface area (Å²) < 4.78 is 13.2. The molecule has 0 saturated heterocycles. The molecule has 1 aliphatic rings. The van der Waals surface area contributed by atoms with Gasteiger partial charge in [0.05, 0.1) is 5.69 Å². The molecule has 4 aromatic rings. The predicted molar refractivity (Wildman–Crippen MR) is 100.0 cm³/mol. The summed E-state index contributed by atoms with van der Waals surface area (Å²) >= 11 is 0. The standard InChI is InChI=1S/C20H19N5O2/c21-15-8-4-10-25-17(15)11-16(23-25)20-22-19(24-27-20)12-26-18-9-3-6-13-5-1-2-7-14(13)18/h1-3,5-7,9,11,15H,4,8,10,12,21H2. The van der Waals surface area contributed by atoms with Gasteiger partial charge in [-0.1, -0.05) is 41.6 Å². The van der Waals surface area contributed by atoms with Gasteiger partial charge < -0.3 is 15.0 Å². The number of fused-ring (bicyclic) bond motifs is 2. The molecule has 2 aromatic carbocycles. The van der Waals surface area contributed by atoms with E-state index >= 15 is 0 Å². The summed E-state index contributed by atoms with van der Waals surface area (Å²) in [5.41, 5.74) is 7.83. The van der Waals surface area contributed by atoms with E-state index in [1.54, 1.807) is 0 Å². The summed E-state index contributed by atoms with van der Waals surface area (Å²) in [6.07, 6.45) is 2.00. The van der Waals surface area contributed by atoms with E-state index in [4.69, 9.17) is 15.0 Å². The van der Waals surface area contributed by atoms with E-state index in [1.165, 1.54) is 0 Å². The molecule has 0 aliphatic carbocycles. The van der Waals surface area contributed by atoms with Crippen LogP contribution in [0.3, 0.4) is 0 Å². The molecule has 5 rings (SSSR count). The molecule has 27 heavy (non-hydrogen) atoms. The van der Waals surface area contributed by atoms with Gasteiger partial charge in [0, 0.05) is 18.0 Å². The highest BCUT2D eigenvalue weighted by Crippen LogP contribution is 2.28. The van der Waals surface area contributed by atoms with Crippen molar-refractivity contribution in [1.82, 2.24) is 19.9 Å². The molecular weight excluding hydrogens is 342 g/mol. The predicted octanol–water partition coefficient (Wildman–Crippen LogP) is 3.46. The Bertz CT molecular complexity index is 1100. The molecule has 1 atom stereocenters. The number of hydrogen-bond acceptors (Lipinski definition) is 6.